The zero-order valence-corrected chi connectivity index (χ0v) is 13.2. The first-order valence-corrected chi connectivity index (χ1v) is 7.64. The molecule has 0 aliphatic rings. The first-order valence-electron chi connectivity index (χ1n) is 7.64. The molecule has 20 heavy (non-hydrogen) atoms. The number of benzene rings is 1. The monoisotopic (exact) mass is 276 g/mol. The fraction of sp³-hybridized carbons (Fsp3) is 0.588. The zero-order chi connectivity index (χ0) is 15.0. The fourth-order valence-electron chi connectivity index (χ4n) is 2.03. The van der Waals surface area contributed by atoms with Crippen molar-refractivity contribution < 1.29 is 4.79 Å². The van der Waals surface area contributed by atoms with Crippen LogP contribution in [-0.4, -0.2) is 18.5 Å². The maximum absolute atomic E-state index is 11.9. The van der Waals surface area contributed by atoms with Crippen LogP contribution in [0.5, 0.6) is 0 Å². The van der Waals surface area contributed by atoms with E-state index in [9.17, 15) is 4.79 Å². The lowest BCUT2D eigenvalue weighted by Gasteiger charge is -2.10. The minimum absolute atomic E-state index is 0.0191. The molecule has 0 radical (unpaired) electrons. The highest BCUT2D eigenvalue weighted by Gasteiger charge is 2.05. The van der Waals surface area contributed by atoms with Crippen LogP contribution in [0.4, 0.5) is 5.69 Å². The molecule has 0 aliphatic carbocycles. The van der Waals surface area contributed by atoms with E-state index in [2.05, 4.69) is 38.3 Å². The average molecular weight is 276 g/mol. The van der Waals surface area contributed by atoms with Gasteiger partial charge in [-0.3, -0.25) is 4.79 Å². The highest BCUT2D eigenvalue weighted by atomic mass is 16.1. The number of carbonyl (C=O) groups is 1. The Hall–Kier alpha value is -1.51. The van der Waals surface area contributed by atoms with Crippen LogP contribution in [0.25, 0.3) is 0 Å². The third-order valence-electron chi connectivity index (χ3n) is 3.10. The Labute approximate surface area is 123 Å². The van der Waals surface area contributed by atoms with E-state index in [1.807, 2.05) is 24.3 Å². The summed E-state index contributed by atoms with van der Waals surface area (Å²) in [6.07, 6.45) is 3.46. The van der Waals surface area contributed by atoms with Gasteiger partial charge in [-0.1, -0.05) is 26.7 Å². The van der Waals surface area contributed by atoms with Gasteiger partial charge in [-0.25, -0.2) is 0 Å². The lowest BCUT2D eigenvalue weighted by atomic mass is 10.1. The molecule has 0 saturated carbocycles. The summed E-state index contributed by atoms with van der Waals surface area (Å²) in [5.41, 5.74) is 1.77. The molecule has 0 aliphatic heterocycles. The van der Waals surface area contributed by atoms with E-state index in [0.717, 1.165) is 30.1 Å². The van der Waals surface area contributed by atoms with Gasteiger partial charge >= 0.3 is 0 Å². The van der Waals surface area contributed by atoms with E-state index < -0.39 is 0 Å². The molecule has 1 aromatic rings. The van der Waals surface area contributed by atoms with Crippen LogP contribution in [0, 0.1) is 5.92 Å². The topological polar surface area (TPSA) is 41.1 Å². The normalized spacial score (nSPS) is 10.9. The van der Waals surface area contributed by atoms with Gasteiger partial charge in [0.1, 0.15) is 0 Å². The van der Waals surface area contributed by atoms with Crippen LogP contribution < -0.4 is 10.6 Å². The minimum Gasteiger partial charge on any atom is -0.383 e. The molecule has 3 heteroatoms. The number of carbonyl (C=O) groups excluding carboxylic acids is 1. The van der Waals surface area contributed by atoms with Gasteiger partial charge in [0.2, 0.25) is 0 Å². The van der Waals surface area contributed by atoms with Gasteiger partial charge in [-0.05, 0) is 50.5 Å². The highest BCUT2D eigenvalue weighted by molar-refractivity contribution is 5.94. The molecule has 0 unspecified atom stereocenters. The summed E-state index contributed by atoms with van der Waals surface area (Å²) in [6.45, 7) is 9.41. The Balaban J connectivity index is 2.32. The van der Waals surface area contributed by atoms with Crippen molar-refractivity contribution in [3.63, 3.8) is 0 Å². The summed E-state index contributed by atoms with van der Waals surface area (Å²) in [4.78, 5) is 11.9. The van der Waals surface area contributed by atoms with Crippen molar-refractivity contribution in [2.24, 2.45) is 5.92 Å². The first-order chi connectivity index (χ1) is 9.49. The Morgan fingerprint density at radius 1 is 1.05 bits per heavy atom. The van der Waals surface area contributed by atoms with Crippen molar-refractivity contribution >= 4 is 11.6 Å². The van der Waals surface area contributed by atoms with Gasteiger partial charge in [0.15, 0.2) is 0 Å². The molecule has 2 N–H and O–H groups in total. The van der Waals surface area contributed by atoms with Gasteiger partial charge < -0.3 is 10.6 Å². The molecule has 0 aromatic heterocycles. The number of hydrogen-bond acceptors (Lipinski definition) is 2. The highest BCUT2D eigenvalue weighted by Crippen LogP contribution is 2.11. The predicted octanol–water partition coefficient (Wildman–Crippen LogP) is 4.06. The molecule has 0 spiro atoms. The molecule has 1 amide bonds. The lowest BCUT2D eigenvalue weighted by molar-refractivity contribution is 0.0953. The van der Waals surface area contributed by atoms with Crippen molar-refractivity contribution in [3.8, 4) is 0 Å². The van der Waals surface area contributed by atoms with Gasteiger partial charge in [-0.2, -0.15) is 0 Å². The number of unbranched alkanes of at least 4 members (excludes halogenated alkanes) is 1. The van der Waals surface area contributed by atoms with Gasteiger partial charge in [0, 0.05) is 23.8 Å². The number of anilines is 1. The number of amides is 1. The molecule has 1 aromatic carbocycles. The van der Waals surface area contributed by atoms with Gasteiger partial charge in [0.05, 0.1) is 0 Å². The molecule has 1 rings (SSSR count). The van der Waals surface area contributed by atoms with Crippen molar-refractivity contribution in [1.82, 2.24) is 5.32 Å². The third kappa shape index (κ3) is 6.60. The standard InChI is InChI=1S/C17H28N2O/c1-13(2)7-5-6-12-18-17(20)15-8-10-16(11-9-15)19-14(3)4/h8-11,13-14,19H,5-7,12H2,1-4H3,(H,18,20). The van der Waals surface area contributed by atoms with Crippen molar-refractivity contribution in [3.05, 3.63) is 29.8 Å². The Bertz CT molecular complexity index is 396. The lowest BCUT2D eigenvalue weighted by Crippen LogP contribution is -2.24. The number of nitrogens with one attached hydrogen (secondary N) is 2. The molecule has 0 heterocycles. The SMILES string of the molecule is CC(C)CCCCNC(=O)c1ccc(NC(C)C)cc1. The maximum atomic E-state index is 11.9. The van der Waals surface area contributed by atoms with Gasteiger partial charge in [-0.15, -0.1) is 0 Å². The first kappa shape index (κ1) is 16.5. The zero-order valence-electron chi connectivity index (χ0n) is 13.2. The van der Waals surface area contributed by atoms with E-state index in [0.29, 0.717) is 6.04 Å². The summed E-state index contributed by atoms with van der Waals surface area (Å²) in [6, 6.07) is 8.04. The number of rotatable bonds is 8. The van der Waals surface area contributed by atoms with E-state index in [1.165, 1.54) is 12.8 Å². The van der Waals surface area contributed by atoms with Crippen LogP contribution in [0.1, 0.15) is 57.3 Å². The summed E-state index contributed by atoms with van der Waals surface area (Å²) in [7, 11) is 0. The van der Waals surface area contributed by atoms with Crippen molar-refractivity contribution in [2.45, 2.75) is 53.0 Å². The Kier molecular flexibility index (Phi) is 7.13. The summed E-state index contributed by atoms with van der Waals surface area (Å²) >= 11 is 0. The van der Waals surface area contributed by atoms with Crippen LogP contribution in [0.2, 0.25) is 0 Å². The second-order valence-corrected chi connectivity index (χ2v) is 6.02. The summed E-state index contributed by atoms with van der Waals surface area (Å²) < 4.78 is 0. The fourth-order valence-corrected chi connectivity index (χ4v) is 2.03. The Morgan fingerprint density at radius 2 is 1.70 bits per heavy atom. The molecule has 0 saturated heterocycles. The van der Waals surface area contributed by atoms with Crippen LogP contribution in [-0.2, 0) is 0 Å². The van der Waals surface area contributed by atoms with E-state index in [4.69, 9.17) is 0 Å². The maximum Gasteiger partial charge on any atom is 0.251 e. The number of hydrogen-bond donors (Lipinski definition) is 2. The van der Waals surface area contributed by atoms with E-state index in [1.54, 1.807) is 0 Å². The minimum atomic E-state index is 0.0191. The average Bonchev–Trinajstić information content (AvgIpc) is 2.38. The van der Waals surface area contributed by atoms with Crippen LogP contribution in [0.15, 0.2) is 24.3 Å². The molecule has 0 fully saturated rings. The third-order valence-corrected chi connectivity index (χ3v) is 3.10. The van der Waals surface area contributed by atoms with Crippen LogP contribution >= 0.6 is 0 Å². The molecule has 112 valence electrons. The molecule has 0 atom stereocenters. The second kappa shape index (κ2) is 8.62. The van der Waals surface area contributed by atoms with Crippen molar-refractivity contribution in [2.75, 3.05) is 11.9 Å². The van der Waals surface area contributed by atoms with Crippen LogP contribution in [0.3, 0.4) is 0 Å². The van der Waals surface area contributed by atoms with Crippen molar-refractivity contribution in [1.29, 1.82) is 0 Å². The molecule has 0 bridgehead atoms. The Morgan fingerprint density at radius 3 is 2.25 bits per heavy atom. The largest absolute Gasteiger partial charge is 0.383 e. The van der Waals surface area contributed by atoms with E-state index in [-0.39, 0.29) is 5.91 Å². The quantitative estimate of drug-likeness (QED) is 0.703. The molecule has 3 nitrogen and oxygen atoms in total. The predicted molar refractivity (Wildman–Crippen MR) is 86.2 cm³/mol. The van der Waals surface area contributed by atoms with Gasteiger partial charge in [0.25, 0.3) is 5.91 Å². The molecular weight excluding hydrogens is 248 g/mol. The molecular formula is C17H28N2O. The van der Waals surface area contributed by atoms with E-state index >= 15 is 0 Å². The summed E-state index contributed by atoms with van der Waals surface area (Å²) in [5.74, 6) is 0.761. The second-order valence-electron chi connectivity index (χ2n) is 6.02. The summed E-state index contributed by atoms with van der Waals surface area (Å²) in [5, 5.41) is 6.28. The smallest absolute Gasteiger partial charge is 0.251 e.